The van der Waals surface area contributed by atoms with E-state index in [4.69, 9.17) is 9.72 Å². The molecule has 0 atom stereocenters. The summed E-state index contributed by atoms with van der Waals surface area (Å²) in [6.45, 7) is 4.07. The maximum absolute atomic E-state index is 5.10. The molecule has 0 spiro atoms. The molecule has 1 aromatic heterocycles. The lowest BCUT2D eigenvalue weighted by Crippen LogP contribution is -2.15. The SMILES string of the molecule is CCCc1nc(CCCOC)sc1CNC1CC1. The number of aromatic nitrogens is 1. The third kappa shape index (κ3) is 4.34. The molecule has 1 aliphatic carbocycles. The number of rotatable bonds is 9. The summed E-state index contributed by atoms with van der Waals surface area (Å²) >= 11 is 1.89. The van der Waals surface area contributed by atoms with Crippen molar-refractivity contribution in [2.24, 2.45) is 0 Å². The molecule has 1 saturated carbocycles. The molecule has 3 nitrogen and oxygen atoms in total. The zero-order valence-electron chi connectivity index (χ0n) is 11.5. The van der Waals surface area contributed by atoms with E-state index in [9.17, 15) is 0 Å². The van der Waals surface area contributed by atoms with Crippen LogP contribution in [0.4, 0.5) is 0 Å². The zero-order valence-corrected chi connectivity index (χ0v) is 12.3. The summed E-state index contributed by atoms with van der Waals surface area (Å²) in [5, 5.41) is 4.88. The number of nitrogens with zero attached hydrogens (tertiary/aromatic N) is 1. The summed E-state index contributed by atoms with van der Waals surface area (Å²) in [4.78, 5) is 6.25. The number of methoxy groups -OCH3 is 1. The van der Waals surface area contributed by atoms with Gasteiger partial charge in [0.05, 0.1) is 10.7 Å². The average molecular weight is 268 g/mol. The number of aryl methyl sites for hydroxylation is 2. The van der Waals surface area contributed by atoms with E-state index in [1.54, 1.807) is 7.11 Å². The van der Waals surface area contributed by atoms with Gasteiger partial charge < -0.3 is 10.1 Å². The van der Waals surface area contributed by atoms with Crippen LogP contribution in [0, 0.1) is 0 Å². The van der Waals surface area contributed by atoms with Gasteiger partial charge in [0.2, 0.25) is 0 Å². The van der Waals surface area contributed by atoms with Gasteiger partial charge in [-0.25, -0.2) is 4.98 Å². The van der Waals surface area contributed by atoms with E-state index in [-0.39, 0.29) is 0 Å². The highest BCUT2D eigenvalue weighted by molar-refractivity contribution is 7.11. The van der Waals surface area contributed by atoms with E-state index in [0.29, 0.717) is 0 Å². The topological polar surface area (TPSA) is 34.1 Å². The Morgan fingerprint density at radius 2 is 2.22 bits per heavy atom. The van der Waals surface area contributed by atoms with Crippen LogP contribution < -0.4 is 5.32 Å². The minimum Gasteiger partial charge on any atom is -0.385 e. The molecule has 0 amide bonds. The van der Waals surface area contributed by atoms with E-state index in [0.717, 1.165) is 38.5 Å². The number of thiazole rings is 1. The second-order valence-electron chi connectivity index (χ2n) is 4.98. The van der Waals surface area contributed by atoms with E-state index in [2.05, 4.69) is 12.2 Å². The van der Waals surface area contributed by atoms with Crippen molar-refractivity contribution in [3.05, 3.63) is 15.6 Å². The first-order valence-corrected chi connectivity index (χ1v) is 7.85. The fourth-order valence-corrected chi connectivity index (χ4v) is 3.11. The van der Waals surface area contributed by atoms with Crippen molar-refractivity contribution in [1.82, 2.24) is 10.3 Å². The quantitative estimate of drug-likeness (QED) is 0.699. The van der Waals surface area contributed by atoms with Crippen LogP contribution in [-0.2, 0) is 24.1 Å². The first-order valence-electron chi connectivity index (χ1n) is 7.03. The van der Waals surface area contributed by atoms with Crippen LogP contribution >= 0.6 is 11.3 Å². The van der Waals surface area contributed by atoms with E-state index < -0.39 is 0 Å². The maximum Gasteiger partial charge on any atom is 0.0932 e. The standard InChI is InChI=1S/C14H24N2OS/c1-3-5-12-13(10-15-11-7-8-11)18-14(16-12)6-4-9-17-2/h11,15H,3-10H2,1-2H3. The van der Waals surface area contributed by atoms with Gasteiger partial charge >= 0.3 is 0 Å². The molecule has 0 aromatic carbocycles. The van der Waals surface area contributed by atoms with Crippen LogP contribution in [0.5, 0.6) is 0 Å². The van der Waals surface area contributed by atoms with E-state index in [1.165, 1.54) is 34.8 Å². The lowest BCUT2D eigenvalue weighted by Gasteiger charge is -2.01. The summed E-state index contributed by atoms with van der Waals surface area (Å²) in [5.41, 5.74) is 1.32. The molecule has 1 aromatic rings. The third-order valence-electron chi connectivity index (χ3n) is 3.18. The number of nitrogens with one attached hydrogen (secondary N) is 1. The number of hydrogen-bond acceptors (Lipinski definition) is 4. The summed E-state index contributed by atoms with van der Waals surface area (Å²) in [7, 11) is 1.76. The smallest absolute Gasteiger partial charge is 0.0932 e. The van der Waals surface area contributed by atoms with Crippen LogP contribution in [-0.4, -0.2) is 24.7 Å². The lowest BCUT2D eigenvalue weighted by atomic mass is 10.2. The molecule has 18 heavy (non-hydrogen) atoms. The minimum absolute atomic E-state index is 0.776. The Hall–Kier alpha value is -0.450. The Balaban J connectivity index is 1.90. The Morgan fingerprint density at radius 1 is 1.39 bits per heavy atom. The normalized spacial score (nSPS) is 15.2. The molecule has 1 heterocycles. The molecule has 1 fully saturated rings. The monoisotopic (exact) mass is 268 g/mol. The third-order valence-corrected chi connectivity index (χ3v) is 4.33. The van der Waals surface area contributed by atoms with Gasteiger partial charge in [0.25, 0.3) is 0 Å². The molecule has 0 radical (unpaired) electrons. The Morgan fingerprint density at radius 3 is 2.89 bits per heavy atom. The first-order chi connectivity index (χ1) is 8.83. The van der Waals surface area contributed by atoms with Crippen molar-refractivity contribution < 1.29 is 4.74 Å². The van der Waals surface area contributed by atoms with Gasteiger partial charge in [-0.15, -0.1) is 11.3 Å². The predicted octanol–water partition coefficient (Wildman–Crippen LogP) is 2.93. The maximum atomic E-state index is 5.10. The highest BCUT2D eigenvalue weighted by atomic mass is 32.1. The lowest BCUT2D eigenvalue weighted by molar-refractivity contribution is 0.195. The van der Waals surface area contributed by atoms with Crippen molar-refractivity contribution in [3.8, 4) is 0 Å². The second kappa shape index (κ2) is 7.22. The second-order valence-corrected chi connectivity index (χ2v) is 6.15. The minimum atomic E-state index is 0.776. The van der Waals surface area contributed by atoms with Crippen molar-refractivity contribution >= 4 is 11.3 Å². The Kier molecular flexibility index (Phi) is 5.60. The molecule has 0 saturated heterocycles. The van der Waals surface area contributed by atoms with Gasteiger partial charge in [0, 0.05) is 37.6 Å². The van der Waals surface area contributed by atoms with Crippen LogP contribution in [0.2, 0.25) is 0 Å². The Bertz CT molecular complexity index is 361. The highest BCUT2D eigenvalue weighted by Gasteiger charge is 2.21. The van der Waals surface area contributed by atoms with Crippen LogP contribution in [0.25, 0.3) is 0 Å². The van der Waals surface area contributed by atoms with Crippen LogP contribution in [0.15, 0.2) is 0 Å². The van der Waals surface area contributed by atoms with Gasteiger partial charge in [-0.2, -0.15) is 0 Å². The highest BCUT2D eigenvalue weighted by Crippen LogP contribution is 2.24. The summed E-state index contributed by atoms with van der Waals surface area (Å²) in [6, 6.07) is 0.776. The van der Waals surface area contributed by atoms with Crippen LogP contribution in [0.1, 0.15) is 48.2 Å². The molecular formula is C14H24N2OS. The van der Waals surface area contributed by atoms with Crippen molar-refractivity contribution in [2.75, 3.05) is 13.7 Å². The van der Waals surface area contributed by atoms with Crippen molar-refractivity contribution in [2.45, 2.75) is 58.0 Å². The Labute approximate surface area is 114 Å². The summed E-state index contributed by atoms with van der Waals surface area (Å²) in [6.07, 6.45) is 7.12. The molecule has 0 aliphatic heterocycles. The zero-order chi connectivity index (χ0) is 12.8. The number of ether oxygens (including phenoxy) is 1. The molecular weight excluding hydrogens is 244 g/mol. The molecule has 2 rings (SSSR count). The van der Waals surface area contributed by atoms with Gasteiger partial charge in [0.15, 0.2) is 0 Å². The van der Waals surface area contributed by atoms with Gasteiger partial charge in [0.1, 0.15) is 0 Å². The molecule has 0 unspecified atom stereocenters. The van der Waals surface area contributed by atoms with E-state index >= 15 is 0 Å². The fraction of sp³-hybridized carbons (Fsp3) is 0.786. The van der Waals surface area contributed by atoms with Gasteiger partial charge in [-0.3, -0.25) is 0 Å². The molecule has 1 N–H and O–H groups in total. The van der Waals surface area contributed by atoms with Crippen molar-refractivity contribution in [3.63, 3.8) is 0 Å². The largest absolute Gasteiger partial charge is 0.385 e. The molecule has 0 bridgehead atoms. The molecule has 102 valence electrons. The van der Waals surface area contributed by atoms with Gasteiger partial charge in [-0.1, -0.05) is 13.3 Å². The van der Waals surface area contributed by atoms with Crippen molar-refractivity contribution in [1.29, 1.82) is 0 Å². The fourth-order valence-electron chi connectivity index (χ4n) is 2.01. The first kappa shape index (κ1) is 14.0. The number of hydrogen-bond donors (Lipinski definition) is 1. The van der Waals surface area contributed by atoms with Gasteiger partial charge in [-0.05, 0) is 25.7 Å². The summed E-state index contributed by atoms with van der Waals surface area (Å²) < 4.78 is 5.10. The van der Waals surface area contributed by atoms with E-state index in [1.807, 2.05) is 11.3 Å². The van der Waals surface area contributed by atoms with Crippen LogP contribution in [0.3, 0.4) is 0 Å². The summed E-state index contributed by atoms with van der Waals surface area (Å²) in [5.74, 6) is 0. The predicted molar refractivity (Wildman–Crippen MR) is 76.2 cm³/mol. The average Bonchev–Trinajstić information content (AvgIpc) is 3.11. The molecule has 1 aliphatic rings. The molecule has 4 heteroatoms.